The Hall–Kier alpha value is -1.22. The number of halogens is 1. The first-order valence-corrected chi connectivity index (χ1v) is 8.40. The van der Waals surface area contributed by atoms with Crippen LogP contribution in [0.25, 0.3) is 0 Å². The van der Waals surface area contributed by atoms with E-state index in [1.807, 2.05) is 0 Å². The minimum atomic E-state index is 0.0947. The third-order valence-electron chi connectivity index (χ3n) is 4.92. The molecule has 1 aromatic carbocycles. The quantitative estimate of drug-likeness (QED) is 0.836. The highest BCUT2D eigenvalue weighted by molar-refractivity contribution is 6.31. The third kappa shape index (κ3) is 3.18. The average Bonchev–Trinajstić information content (AvgIpc) is 2.95. The number of benzene rings is 1. The first-order chi connectivity index (χ1) is 10.1. The fourth-order valence-electron chi connectivity index (χ4n) is 3.96. The molecule has 1 aliphatic heterocycles. The molecule has 1 saturated heterocycles. The Morgan fingerprint density at radius 1 is 1.10 bits per heavy atom. The molecule has 1 amide bonds. The van der Waals surface area contributed by atoms with Crippen LogP contribution in [0.1, 0.15) is 55.3 Å². The van der Waals surface area contributed by atoms with Crippen molar-refractivity contribution in [2.24, 2.45) is 5.92 Å². The Bertz CT molecular complexity index is 505. The summed E-state index contributed by atoms with van der Waals surface area (Å²) < 4.78 is 0. The summed E-state index contributed by atoms with van der Waals surface area (Å²) >= 11 is 6.04. The lowest BCUT2D eigenvalue weighted by molar-refractivity contribution is 0.0661. The van der Waals surface area contributed by atoms with E-state index >= 15 is 0 Å². The van der Waals surface area contributed by atoms with Crippen molar-refractivity contribution in [3.63, 3.8) is 0 Å². The van der Waals surface area contributed by atoms with Crippen LogP contribution in [0.5, 0.6) is 0 Å². The first kappa shape index (κ1) is 14.7. The van der Waals surface area contributed by atoms with E-state index < -0.39 is 0 Å². The first-order valence-electron chi connectivity index (χ1n) is 8.02. The van der Waals surface area contributed by atoms with E-state index in [1.54, 1.807) is 18.2 Å². The highest BCUT2D eigenvalue weighted by Crippen LogP contribution is 2.35. The fourth-order valence-corrected chi connectivity index (χ4v) is 4.20. The minimum absolute atomic E-state index is 0.0947. The standard InChI is InChI=1S/C17H23ClN2O/c18-14-9-13(10-15(19)11-14)17(21)20-8-4-7-16(20)12-5-2-1-3-6-12/h9-12,16H,1-8,19H2. The van der Waals surface area contributed by atoms with Gasteiger partial charge in [-0.3, -0.25) is 4.79 Å². The van der Waals surface area contributed by atoms with Crippen LogP contribution in [0.15, 0.2) is 18.2 Å². The van der Waals surface area contributed by atoms with Gasteiger partial charge in [-0.05, 0) is 49.8 Å². The number of hydrogen-bond acceptors (Lipinski definition) is 2. The zero-order valence-corrected chi connectivity index (χ0v) is 13.1. The summed E-state index contributed by atoms with van der Waals surface area (Å²) in [6.07, 6.45) is 8.77. The number of nitrogen functional groups attached to an aromatic ring is 1. The third-order valence-corrected chi connectivity index (χ3v) is 5.14. The normalized spacial score (nSPS) is 23.5. The number of likely N-dealkylation sites (tertiary alicyclic amines) is 1. The van der Waals surface area contributed by atoms with Crippen molar-refractivity contribution < 1.29 is 4.79 Å². The van der Waals surface area contributed by atoms with E-state index in [-0.39, 0.29) is 5.91 Å². The van der Waals surface area contributed by atoms with Gasteiger partial charge in [-0.25, -0.2) is 0 Å². The zero-order chi connectivity index (χ0) is 14.8. The molecule has 0 radical (unpaired) electrons. The van der Waals surface area contributed by atoms with Crippen LogP contribution in [-0.4, -0.2) is 23.4 Å². The second kappa shape index (κ2) is 6.27. The minimum Gasteiger partial charge on any atom is -0.399 e. The van der Waals surface area contributed by atoms with Crippen molar-refractivity contribution in [3.05, 3.63) is 28.8 Å². The lowest BCUT2D eigenvalue weighted by Gasteiger charge is -2.34. The molecule has 0 bridgehead atoms. The molecule has 3 rings (SSSR count). The van der Waals surface area contributed by atoms with E-state index in [2.05, 4.69) is 4.90 Å². The molecular weight excluding hydrogens is 284 g/mol. The van der Waals surface area contributed by atoms with Crippen molar-refractivity contribution in [3.8, 4) is 0 Å². The Labute approximate surface area is 131 Å². The predicted molar refractivity (Wildman–Crippen MR) is 86.5 cm³/mol. The van der Waals surface area contributed by atoms with Gasteiger partial charge >= 0.3 is 0 Å². The number of anilines is 1. The fraction of sp³-hybridized carbons (Fsp3) is 0.588. The number of amides is 1. The maximum absolute atomic E-state index is 12.8. The lowest BCUT2D eigenvalue weighted by atomic mass is 9.83. The van der Waals surface area contributed by atoms with E-state index in [4.69, 9.17) is 17.3 Å². The van der Waals surface area contributed by atoms with Crippen LogP contribution in [-0.2, 0) is 0 Å². The van der Waals surface area contributed by atoms with E-state index in [1.165, 1.54) is 32.1 Å². The zero-order valence-electron chi connectivity index (χ0n) is 12.4. The van der Waals surface area contributed by atoms with E-state index in [0.717, 1.165) is 19.4 Å². The van der Waals surface area contributed by atoms with Gasteiger partial charge < -0.3 is 10.6 Å². The molecule has 0 aromatic heterocycles. The van der Waals surface area contributed by atoms with Crippen molar-refractivity contribution in [2.75, 3.05) is 12.3 Å². The number of nitrogens with zero attached hydrogens (tertiary/aromatic N) is 1. The van der Waals surface area contributed by atoms with Gasteiger partial charge in [0, 0.05) is 28.9 Å². The highest BCUT2D eigenvalue weighted by atomic mass is 35.5. The summed E-state index contributed by atoms with van der Waals surface area (Å²) in [7, 11) is 0. The largest absolute Gasteiger partial charge is 0.399 e. The van der Waals surface area contributed by atoms with Gasteiger partial charge in [0.25, 0.3) is 5.91 Å². The molecule has 21 heavy (non-hydrogen) atoms. The predicted octanol–water partition coefficient (Wildman–Crippen LogP) is 4.11. The number of hydrogen-bond donors (Lipinski definition) is 1. The summed E-state index contributed by atoms with van der Waals surface area (Å²) in [5.74, 6) is 0.777. The van der Waals surface area contributed by atoms with Crippen molar-refractivity contribution in [2.45, 2.75) is 51.0 Å². The van der Waals surface area contributed by atoms with Crippen LogP contribution in [0.2, 0.25) is 5.02 Å². The maximum Gasteiger partial charge on any atom is 0.254 e. The van der Waals surface area contributed by atoms with Gasteiger partial charge in [0.1, 0.15) is 0 Å². The van der Waals surface area contributed by atoms with E-state index in [9.17, 15) is 4.79 Å². The monoisotopic (exact) mass is 306 g/mol. The second-order valence-electron chi connectivity index (χ2n) is 6.38. The molecule has 1 saturated carbocycles. The van der Waals surface area contributed by atoms with Crippen molar-refractivity contribution in [1.82, 2.24) is 4.90 Å². The Morgan fingerprint density at radius 3 is 2.57 bits per heavy atom. The second-order valence-corrected chi connectivity index (χ2v) is 6.82. The molecule has 1 heterocycles. The molecule has 2 N–H and O–H groups in total. The smallest absolute Gasteiger partial charge is 0.254 e. The van der Waals surface area contributed by atoms with E-state index in [0.29, 0.717) is 28.2 Å². The maximum atomic E-state index is 12.8. The van der Waals surface area contributed by atoms with Gasteiger partial charge in [-0.2, -0.15) is 0 Å². The van der Waals surface area contributed by atoms with Gasteiger partial charge in [-0.1, -0.05) is 30.9 Å². The summed E-state index contributed by atoms with van der Waals surface area (Å²) in [5.41, 5.74) is 7.00. The van der Waals surface area contributed by atoms with Crippen LogP contribution in [0.4, 0.5) is 5.69 Å². The summed E-state index contributed by atoms with van der Waals surface area (Å²) in [5, 5.41) is 0.534. The number of nitrogens with two attached hydrogens (primary N) is 1. The van der Waals surface area contributed by atoms with Crippen LogP contribution < -0.4 is 5.73 Å². The van der Waals surface area contributed by atoms with Gasteiger partial charge in [0.05, 0.1) is 0 Å². The molecule has 1 aliphatic carbocycles. The number of carbonyl (C=O) groups is 1. The average molecular weight is 307 g/mol. The molecule has 4 heteroatoms. The van der Waals surface area contributed by atoms with Gasteiger partial charge in [0.15, 0.2) is 0 Å². The summed E-state index contributed by atoms with van der Waals surface area (Å²) in [6.45, 7) is 0.867. The topological polar surface area (TPSA) is 46.3 Å². The Kier molecular flexibility index (Phi) is 4.39. The molecule has 1 atom stereocenters. The van der Waals surface area contributed by atoms with Crippen LogP contribution in [0.3, 0.4) is 0 Å². The number of carbonyl (C=O) groups excluding carboxylic acids is 1. The summed E-state index contributed by atoms with van der Waals surface area (Å²) in [4.78, 5) is 14.9. The van der Waals surface area contributed by atoms with Gasteiger partial charge in [-0.15, -0.1) is 0 Å². The SMILES string of the molecule is Nc1cc(Cl)cc(C(=O)N2CCCC2C2CCCCC2)c1. The number of rotatable bonds is 2. The molecular formula is C17H23ClN2O. The summed E-state index contributed by atoms with van der Waals surface area (Å²) in [6, 6.07) is 5.57. The van der Waals surface area contributed by atoms with Crippen LogP contribution >= 0.6 is 11.6 Å². The Balaban J connectivity index is 1.79. The lowest BCUT2D eigenvalue weighted by Crippen LogP contribution is -2.40. The molecule has 114 valence electrons. The molecule has 2 fully saturated rings. The molecule has 1 unspecified atom stereocenters. The van der Waals surface area contributed by atoms with Crippen LogP contribution in [0, 0.1) is 5.92 Å². The highest BCUT2D eigenvalue weighted by Gasteiger charge is 2.35. The van der Waals surface area contributed by atoms with Gasteiger partial charge in [0.2, 0.25) is 0 Å². The molecule has 0 spiro atoms. The Morgan fingerprint density at radius 2 is 1.86 bits per heavy atom. The molecule has 3 nitrogen and oxygen atoms in total. The molecule has 2 aliphatic rings. The van der Waals surface area contributed by atoms with Crippen molar-refractivity contribution >= 4 is 23.2 Å². The van der Waals surface area contributed by atoms with Crippen molar-refractivity contribution in [1.29, 1.82) is 0 Å². The molecule has 1 aromatic rings.